The molecule has 3 rings (SSSR count). The SMILES string of the molecule is O=C(C=CC=Cc1ccccc1F)N1CCN(C2CCCC2)CC1. The predicted molar refractivity (Wildman–Crippen MR) is 95.0 cm³/mol. The Bertz CT molecular complexity index is 612. The Morgan fingerprint density at radius 3 is 2.46 bits per heavy atom. The van der Waals surface area contributed by atoms with Gasteiger partial charge in [0.25, 0.3) is 0 Å². The van der Waals surface area contributed by atoms with Gasteiger partial charge in [0.1, 0.15) is 5.82 Å². The summed E-state index contributed by atoms with van der Waals surface area (Å²) in [5.74, 6) is -0.212. The number of benzene rings is 1. The van der Waals surface area contributed by atoms with Crippen molar-refractivity contribution in [2.75, 3.05) is 26.2 Å². The fourth-order valence-corrected chi connectivity index (χ4v) is 3.59. The molecule has 1 aliphatic heterocycles. The monoisotopic (exact) mass is 328 g/mol. The van der Waals surface area contributed by atoms with Gasteiger partial charge in [0, 0.05) is 43.9 Å². The second kappa shape index (κ2) is 8.25. The molecule has 0 radical (unpaired) electrons. The molecule has 0 spiro atoms. The summed E-state index contributed by atoms with van der Waals surface area (Å²) in [5, 5.41) is 0. The largest absolute Gasteiger partial charge is 0.337 e. The van der Waals surface area contributed by atoms with Gasteiger partial charge in [0.05, 0.1) is 0 Å². The van der Waals surface area contributed by atoms with Crippen LogP contribution < -0.4 is 0 Å². The van der Waals surface area contributed by atoms with Crippen molar-refractivity contribution in [1.82, 2.24) is 9.80 Å². The number of carbonyl (C=O) groups excluding carboxylic acids is 1. The molecule has 1 heterocycles. The van der Waals surface area contributed by atoms with Crippen LogP contribution in [0.1, 0.15) is 31.2 Å². The average Bonchev–Trinajstić information content (AvgIpc) is 3.15. The van der Waals surface area contributed by atoms with E-state index in [4.69, 9.17) is 0 Å². The number of halogens is 1. The van der Waals surface area contributed by atoms with Gasteiger partial charge in [0.15, 0.2) is 0 Å². The standard InChI is InChI=1S/C20H25FN2O/c21-19-11-5-1-7-17(19)8-2-6-12-20(24)23-15-13-22(14-16-23)18-9-3-4-10-18/h1-2,5-8,11-12,18H,3-4,9-10,13-16H2. The highest BCUT2D eigenvalue weighted by Crippen LogP contribution is 2.24. The van der Waals surface area contributed by atoms with E-state index in [1.165, 1.54) is 31.7 Å². The third kappa shape index (κ3) is 4.32. The van der Waals surface area contributed by atoms with Crippen LogP contribution in [0.25, 0.3) is 6.08 Å². The van der Waals surface area contributed by atoms with Gasteiger partial charge in [-0.25, -0.2) is 4.39 Å². The second-order valence-corrected chi connectivity index (χ2v) is 6.54. The molecule has 4 heteroatoms. The maximum atomic E-state index is 13.5. The molecule has 1 saturated carbocycles. The summed E-state index contributed by atoms with van der Waals surface area (Å²) in [6.45, 7) is 3.57. The number of allylic oxidation sites excluding steroid dienone is 2. The number of hydrogen-bond donors (Lipinski definition) is 0. The summed E-state index contributed by atoms with van der Waals surface area (Å²) in [7, 11) is 0. The highest BCUT2D eigenvalue weighted by Gasteiger charge is 2.26. The molecular formula is C20H25FN2O. The number of piperazine rings is 1. The van der Waals surface area contributed by atoms with E-state index in [0.717, 1.165) is 32.2 Å². The molecule has 1 aliphatic carbocycles. The highest BCUT2D eigenvalue weighted by molar-refractivity contribution is 5.88. The average molecular weight is 328 g/mol. The molecular weight excluding hydrogens is 303 g/mol. The second-order valence-electron chi connectivity index (χ2n) is 6.54. The minimum Gasteiger partial charge on any atom is -0.337 e. The minimum absolute atomic E-state index is 0.0410. The van der Waals surface area contributed by atoms with E-state index in [1.54, 1.807) is 42.5 Å². The first-order chi connectivity index (χ1) is 11.7. The Balaban J connectivity index is 1.46. The number of rotatable bonds is 4. The van der Waals surface area contributed by atoms with E-state index >= 15 is 0 Å². The lowest BCUT2D eigenvalue weighted by Gasteiger charge is -2.37. The lowest BCUT2D eigenvalue weighted by atomic mass is 10.2. The van der Waals surface area contributed by atoms with Crippen LogP contribution in [0.3, 0.4) is 0 Å². The lowest BCUT2D eigenvalue weighted by Crippen LogP contribution is -2.51. The van der Waals surface area contributed by atoms with E-state index in [2.05, 4.69) is 4.90 Å². The highest BCUT2D eigenvalue weighted by atomic mass is 19.1. The van der Waals surface area contributed by atoms with Crippen LogP contribution in [0.4, 0.5) is 4.39 Å². The number of hydrogen-bond acceptors (Lipinski definition) is 2. The van der Waals surface area contributed by atoms with Crippen molar-refractivity contribution in [3.8, 4) is 0 Å². The van der Waals surface area contributed by atoms with Crippen molar-refractivity contribution in [2.24, 2.45) is 0 Å². The molecule has 0 atom stereocenters. The molecule has 0 unspecified atom stereocenters. The van der Waals surface area contributed by atoms with Gasteiger partial charge < -0.3 is 4.90 Å². The van der Waals surface area contributed by atoms with Crippen molar-refractivity contribution in [1.29, 1.82) is 0 Å². The molecule has 0 bridgehead atoms. The molecule has 1 amide bonds. The summed E-state index contributed by atoms with van der Waals surface area (Å²) in [6, 6.07) is 7.34. The van der Waals surface area contributed by atoms with Gasteiger partial charge in [0.2, 0.25) is 5.91 Å². The molecule has 1 aromatic rings. The molecule has 3 nitrogen and oxygen atoms in total. The Morgan fingerprint density at radius 2 is 1.75 bits per heavy atom. The fraction of sp³-hybridized carbons (Fsp3) is 0.450. The minimum atomic E-state index is -0.253. The van der Waals surface area contributed by atoms with E-state index < -0.39 is 0 Å². The Kier molecular flexibility index (Phi) is 5.81. The molecule has 2 fully saturated rings. The Hall–Kier alpha value is -1.94. The van der Waals surface area contributed by atoms with E-state index in [9.17, 15) is 9.18 Å². The summed E-state index contributed by atoms with van der Waals surface area (Å²) < 4.78 is 13.5. The fourth-order valence-electron chi connectivity index (χ4n) is 3.59. The third-order valence-corrected chi connectivity index (χ3v) is 5.00. The molecule has 1 aromatic carbocycles. The van der Waals surface area contributed by atoms with Crippen molar-refractivity contribution in [3.63, 3.8) is 0 Å². The molecule has 2 aliphatic rings. The van der Waals surface area contributed by atoms with Gasteiger partial charge >= 0.3 is 0 Å². The molecule has 24 heavy (non-hydrogen) atoms. The first-order valence-electron chi connectivity index (χ1n) is 8.86. The predicted octanol–water partition coefficient (Wildman–Crippen LogP) is 3.48. The summed E-state index contributed by atoms with van der Waals surface area (Å²) in [6.07, 6.45) is 12.0. The lowest BCUT2D eigenvalue weighted by molar-refractivity contribution is -0.128. The van der Waals surface area contributed by atoms with Gasteiger partial charge in [-0.3, -0.25) is 9.69 Å². The van der Waals surface area contributed by atoms with E-state index in [-0.39, 0.29) is 11.7 Å². The van der Waals surface area contributed by atoms with Crippen molar-refractivity contribution in [3.05, 3.63) is 53.9 Å². The Labute approximate surface area is 143 Å². The van der Waals surface area contributed by atoms with E-state index in [0.29, 0.717) is 5.56 Å². The van der Waals surface area contributed by atoms with Crippen LogP contribution in [0.5, 0.6) is 0 Å². The topological polar surface area (TPSA) is 23.6 Å². The molecule has 1 saturated heterocycles. The zero-order chi connectivity index (χ0) is 16.8. The van der Waals surface area contributed by atoms with Gasteiger partial charge in [-0.05, 0) is 18.9 Å². The van der Waals surface area contributed by atoms with E-state index in [1.807, 2.05) is 4.90 Å². The maximum Gasteiger partial charge on any atom is 0.246 e. The molecule has 0 aromatic heterocycles. The summed E-state index contributed by atoms with van der Waals surface area (Å²) in [5.41, 5.74) is 0.528. The van der Waals surface area contributed by atoms with Gasteiger partial charge in [-0.15, -0.1) is 0 Å². The number of amides is 1. The first-order valence-corrected chi connectivity index (χ1v) is 8.86. The molecule has 0 N–H and O–H groups in total. The smallest absolute Gasteiger partial charge is 0.246 e. The zero-order valence-electron chi connectivity index (χ0n) is 14.0. The van der Waals surface area contributed by atoms with Gasteiger partial charge in [-0.1, -0.05) is 49.3 Å². The maximum absolute atomic E-state index is 13.5. The van der Waals surface area contributed by atoms with Crippen LogP contribution >= 0.6 is 0 Å². The van der Waals surface area contributed by atoms with Crippen LogP contribution in [-0.4, -0.2) is 47.9 Å². The van der Waals surface area contributed by atoms with Crippen molar-refractivity contribution >= 4 is 12.0 Å². The van der Waals surface area contributed by atoms with Crippen LogP contribution in [0.15, 0.2) is 42.5 Å². The first kappa shape index (κ1) is 16.9. The summed E-state index contributed by atoms with van der Waals surface area (Å²) >= 11 is 0. The molecule has 128 valence electrons. The number of nitrogens with zero attached hydrogens (tertiary/aromatic N) is 2. The quantitative estimate of drug-likeness (QED) is 0.624. The van der Waals surface area contributed by atoms with Crippen LogP contribution in [-0.2, 0) is 4.79 Å². The zero-order valence-corrected chi connectivity index (χ0v) is 14.0. The van der Waals surface area contributed by atoms with Crippen molar-refractivity contribution in [2.45, 2.75) is 31.7 Å². The van der Waals surface area contributed by atoms with Crippen molar-refractivity contribution < 1.29 is 9.18 Å². The Morgan fingerprint density at radius 1 is 1.04 bits per heavy atom. The number of carbonyl (C=O) groups is 1. The van der Waals surface area contributed by atoms with Crippen LogP contribution in [0.2, 0.25) is 0 Å². The summed E-state index contributed by atoms with van der Waals surface area (Å²) in [4.78, 5) is 16.7. The third-order valence-electron chi connectivity index (χ3n) is 5.00. The van der Waals surface area contributed by atoms with Crippen LogP contribution in [0, 0.1) is 5.82 Å². The van der Waals surface area contributed by atoms with Gasteiger partial charge in [-0.2, -0.15) is 0 Å². The normalized spacial score (nSPS) is 20.5.